The summed E-state index contributed by atoms with van der Waals surface area (Å²) in [4.78, 5) is 8.51. The molecule has 1 unspecified atom stereocenters. The second-order valence-electron chi connectivity index (χ2n) is 4.95. The van der Waals surface area contributed by atoms with Crippen LogP contribution in [-0.4, -0.2) is 16.1 Å². The molecule has 0 aliphatic rings. The normalized spacial score (nSPS) is 12.4. The van der Waals surface area contributed by atoms with Gasteiger partial charge >= 0.3 is 0 Å². The monoisotopic (exact) mass is 272 g/mol. The summed E-state index contributed by atoms with van der Waals surface area (Å²) >= 11 is 0. The minimum Gasteiger partial charge on any atom is -0.489 e. The minimum absolute atomic E-state index is 0.109. The molecule has 1 atom stereocenters. The molecule has 2 rings (SSSR count). The predicted octanol–water partition coefficient (Wildman–Crippen LogP) is 2.12. The number of hydrazine groups is 1. The van der Waals surface area contributed by atoms with Gasteiger partial charge in [0.1, 0.15) is 5.75 Å². The molecule has 0 saturated heterocycles. The van der Waals surface area contributed by atoms with Gasteiger partial charge in [0.25, 0.3) is 0 Å². The van der Waals surface area contributed by atoms with Gasteiger partial charge in [0, 0.05) is 18.1 Å². The Morgan fingerprint density at radius 1 is 1.15 bits per heavy atom. The highest BCUT2D eigenvalue weighted by molar-refractivity contribution is 5.33. The van der Waals surface area contributed by atoms with E-state index in [-0.39, 0.29) is 12.1 Å². The average Bonchev–Trinajstić information content (AvgIpc) is 2.41. The number of nitrogens with zero attached hydrogens (tertiary/aromatic N) is 2. The zero-order chi connectivity index (χ0) is 14.5. The van der Waals surface area contributed by atoms with Gasteiger partial charge in [-0.15, -0.1) is 0 Å². The number of aryl methyl sites for hydroxylation is 1. The average molecular weight is 272 g/mol. The molecule has 106 valence electrons. The molecule has 0 aromatic carbocycles. The topological polar surface area (TPSA) is 73.1 Å². The maximum Gasteiger partial charge on any atom is 0.138 e. The van der Waals surface area contributed by atoms with E-state index >= 15 is 0 Å². The maximum atomic E-state index is 5.68. The lowest BCUT2D eigenvalue weighted by molar-refractivity contribution is 0.241. The van der Waals surface area contributed by atoms with E-state index in [1.165, 1.54) is 0 Å². The number of pyridine rings is 2. The molecular formula is C15H20N4O. The Balaban J connectivity index is 2.29. The first-order valence-electron chi connectivity index (χ1n) is 6.60. The van der Waals surface area contributed by atoms with Crippen LogP contribution in [0, 0.1) is 6.92 Å². The van der Waals surface area contributed by atoms with Crippen molar-refractivity contribution < 1.29 is 4.74 Å². The Morgan fingerprint density at radius 2 is 1.95 bits per heavy atom. The van der Waals surface area contributed by atoms with Gasteiger partial charge in [-0.05, 0) is 44.0 Å². The second-order valence-corrected chi connectivity index (χ2v) is 4.95. The van der Waals surface area contributed by atoms with Crippen LogP contribution in [0.15, 0.2) is 36.8 Å². The number of nitrogens with two attached hydrogens (primary N) is 1. The summed E-state index contributed by atoms with van der Waals surface area (Å²) in [6.07, 6.45) is 5.40. The summed E-state index contributed by atoms with van der Waals surface area (Å²) in [5, 5.41) is 0. The van der Waals surface area contributed by atoms with Crippen molar-refractivity contribution in [1.29, 1.82) is 0 Å². The summed E-state index contributed by atoms with van der Waals surface area (Å²) in [5.74, 6) is 6.41. The molecule has 0 amide bonds. The van der Waals surface area contributed by atoms with Crippen LogP contribution in [0.5, 0.6) is 5.75 Å². The smallest absolute Gasteiger partial charge is 0.138 e. The van der Waals surface area contributed by atoms with Gasteiger partial charge in [0.15, 0.2) is 0 Å². The Bertz CT molecular complexity index is 554. The Hall–Kier alpha value is -1.98. The van der Waals surface area contributed by atoms with E-state index in [1.807, 2.05) is 45.2 Å². The minimum atomic E-state index is -0.161. The number of aromatic nitrogens is 2. The fraction of sp³-hybridized carbons (Fsp3) is 0.333. The molecular weight excluding hydrogens is 252 g/mol. The highest BCUT2D eigenvalue weighted by atomic mass is 16.5. The zero-order valence-corrected chi connectivity index (χ0v) is 12.0. The fourth-order valence-electron chi connectivity index (χ4n) is 1.96. The Labute approximate surface area is 119 Å². The van der Waals surface area contributed by atoms with Crippen LogP contribution >= 0.6 is 0 Å². The summed E-state index contributed by atoms with van der Waals surface area (Å²) in [6, 6.07) is 5.74. The van der Waals surface area contributed by atoms with Gasteiger partial charge in [-0.1, -0.05) is 6.07 Å². The van der Waals surface area contributed by atoms with Crippen molar-refractivity contribution in [3.63, 3.8) is 0 Å². The van der Waals surface area contributed by atoms with Gasteiger partial charge in [-0.25, -0.2) is 5.43 Å². The van der Waals surface area contributed by atoms with Crippen LogP contribution in [0.4, 0.5) is 0 Å². The molecule has 2 heterocycles. The molecule has 0 aliphatic heterocycles. The highest BCUT2D eigenvalue weighted by Crippen LogP contribution is 2.23. The van der Waals surface area contributed by atoms with Crippen molar-refractivity contribution in [1.82, 2.24) is 15.4 Å². The van der Waals surface area contributed by atoms with Crippen LogP contribution in [0.2, 0.25) is 0 Å². The van der Waals surface area contributed by atoms with Crippen LogP contribution in [0.1, 0.15) is 36.7 Å². The Kier molecular flexibility index (Phi) is 4.65. The largest absolute Gasteiger partial charge is 0.489 e. The maximum absolute atomic E-state index is 5.68. The molecule has 0 spiro atoms. The van der Waals surface area contributed by atoms with Gasteiger partial charge in [-0.2, -0.15) is 0 Å². The molecule has 2 aromatic rings. The third-order valence-electron chi connectivity index (χ3n) is 2.87. The molecule has 5 nitrogen and oxygen atoms in total. The van der Waals surface area contributed by atoms with E-state index in [1.54, 1.807) is 12.4 Å². The van der Waals surface area contributed by atoms with Crippen molar-refractivity contribution in [3.8, 4) is 5.75 Å². The standard InChI is InChI=1S/C15H20N4O/c1-10(2)20-14-6-13(7-17-9-14)15(19-16)12-5-4-11(3)18-8-12/h4-10,15,19H,16H2,1-3H3. The SMILES string of the molecule is Cc1ccc(C(NN)c2cncc(OC(C)C)c2)cn1. The van der Waals surface area contributed by atoms with E-state index in [4.69, 9.17) is 10.6 Å². The van der Waals surface area contributed by atoms with Gasteiger partial charge in [0.2, 0.25) is 0 Å². The van der Waals surface area contributed by atoms with E-state index in [0.717, 1.165) is 22.6 Å². The van der Waals surface area contributed by atoms with Crippen molar-refractivity contribution >= 4 is 0 Å². The van der Waals surface area contributed by atoms with Crippen LogP contribution in [0.3, 0.4) is 0 Å². The lowest BCUT2D eigenvalue weighted by Gasteiger charge is -2.18. The quantitative estimate of drug-likeness (QED) is 0.644. The van der Waals surface area contributed by atoms with E-state index in [2.05, 4.69) is 15.4 Å². The van der Waals surface area contributed by atoms with Crippen LogP contribution in [0.25, 0.3) is 0 Å². The molecule has 0 saturated carbocycles. The van der Waals surface area contributed by atoms with Crippen molar-refractivity contribution in [2.45, 2.75) is 32.9 Å². The van der Waals surface area contributed by atoms with Crippen molar-refractivity contribution in [3.05, 3.63) is 53.6 Å². The molecule has 0 fully saturated rings. The van der Waals surface area contributed by atoms with E-state index in [9.17, 15) is 0 Å². The van der Waals surface area contributed by atoms with Gasteiger partial charge in [0.05, 0.1) is 18.3 Å². The number of nitrogens with one attached hydrogen (secondary N) is 1. The molecule has 0 bridgehead atoms. The summed E-state index contributed by atoms with van der Waals surface area (Å²) in [5.41, 5.74) is 5.70. The third-order valence-corrected chi connectivity index (χ3v) is 2.87. The first-order chi connectivity index (χ1) is 9.60. The lowest BCUT2D eigenvalue weighted by Crippen LogP contribution is -2.29. The second kappa shape index (κ2) is 6.45. The summed E-state index contributed by atoms with van der Waals surface area (Å²) < 4.78 is 5.66. The van der Waals surface area contributed by atoms with Crippen LogP contribution < -0.4 is 16.0 Å². The first kappa shape index (κ1) is 14.4. The Morgan fingerprint density at radius 3 is 2.55 bits per heavy atom. The van der Waals surface area contributed by atoms with Crippen LogP contribution in [-0.2, 0) is 0 Å². The van der Waals surface area contributed by atoms with E-state index in [0.29, 0.717) is 0 Å². The summed E-state index contributed by atoms with van der Waals surface area (Å²) in [7, 11) is 0. The highest BCUT2D eigenvalue weighted by Gasteiger charge is 2.14. The molecule has 0 radical (unpaired) electrons. The number of ether oxygens (including phenoxy) is 1. The zero-order valence-electron chi connectivity index (χ0n) is 12.0. The fourth-order valence-corrected chi connectivity index (χ4v) is 1.96. The molecule has 20 heavy (non-hydrogen) atoms. The number of rotatable bonds is 5. The molecule has 0 aliphatic carbocycles. The van der Waals surface area contributed by atoms with Gasteiger partial charge in [-0.3, -0.25) is 15.8 Å². The number of hydrogen-bond donors (Lipinski definition) is 2. The number of hydrogen-bond acceptors (Lipinski definition) is 5. The lowest BCUT2D eigenvalue weighted by atomic mass is 10.0. The molecule has 2 aromatic heterocycles. The van der Waals surface area contributed by atoms with E-state index < -0.39 is 0 Å². The molecule has 3 N–H and O–H groups in total. The van der Waals surface area contributed by atoms with Gasteiger partial charge < -0.3 is 4.74 Å². The first-order valence-corrected chi connectivity index (χ1v) is 6.60. The predicted molar refractivity (Wildman–Crippen MR) is 78.1 cm³/mol. The van der Waals surface area contributed by atoms with Crippen molar-refractivity contribution in [2.24, 2.45) is 5.84 Å². The molecule has 5 heteroatoms. The summed E-state index contributed by atoms with van der Waals surface area (Å²) in [6.45, 7) is 5.91. The third kappa shape index (κ3) is 3.53. The van der Waals surface area contributed by atoms with Crippen molar-refractivity contribution in [2.75, 3.05) is 0 Å².